The summed E-state index contributed by atoms with van der Waals surface area (Å²) in [6.07, 6.45) is 12.0. The first-order valence-electron chi connectivity index (χ1n) is 13.1. The number of sulfone groups is 1. The molecule has 1 heterocycles. The Kier molecular flexibility index (Phi) is 7.60. The van der Waals surface area contributed by atoms with Crippen molar-refractivity contribution in [3.63, 3.8) is 0 Å². The van der Waals surface area contributed by atoms with Crippen LogP contribution < -0.4 is 5.32 Å². The van der Waals surface area contributed by atoms with Crippen molar-refractivity contribution in [2.24, 2.45) is 5.92 Å². The number of rotatable bonds is 8. The number of hydrogen-bond donors (Lipinski definition) is 1. The molecule has 5 rings (SSSR count). The van der Waals surface area contributed by atoms with E-state index in [1.807, 2.05) is 23.1 Å². The lowest BCUT2D eigenvalue weighted by Gasteiger charge is -2.36. The van der Waals surface area contributed by atoms with Crippen LogP contribution in [0.2, 0.25) is 0 Å². The fraction of sp³-hybridized carbons (Fsp3) is 0.367. The summed E-state index contributed by atoms with van der Waals surface area (Å²) in [7, 11) is -3.18. The molecule has 3 aliphatic rings. The predicted octanol–water partition coefficient (Wildman–Crippen LogP) is 5.52. The zero-order valence-corrected chi connectivity index (χ0v) is 21.7. The molecule has 1 saturated carbocycles. The van der Waals surface area contributed by atoms with Crippen molar-refractivity contribution < 1.29 is 19.4 Å². The van der Waals surface area contributed by atoms with Crippen molar-refractivity contribution in [2.75, 3.05) is 17.6 Å². The lowest BCUT2D eigenvalue weighted by atomic mass is 9.94. The normalized spacial score (nSPS) is 21.8. The molecule has 1 aliphatic heterocycles. The number of allylic oxidation sites excluding steroid dienone is 2. The highest BCUT2D eigenvalue weighted by Crippen LogP contribution is 2.33. The molecule has 6 nitrogen and oxygen atoms in total. The average molecular weight is 520 g/mol. The van der Waals surface area contributed by atoms with Gasteiger partial charge in [-0.25, -0.2) is 8.42 Å². The van der Waals surface area contributed by atoms with Gasteiger partial charge in [-0.15, -0.1) is 0 Å². The number of piperidine rings is 1. The second-order valence-corrected chi connectivity index (χ2v) is 12.5. The first-order valence-corrected chi connectivity index (χ1v) is 14.8. The number of likely N-dealkylation sites (tertiary alicyclic amines) is 1. The highest BCUT2D eigenvalue weighted by atomic mass is 32.2. The monoisotopic (exact) mass is 519 g/mol. The third kappa shape index (κ3) is 6.39. The molecule has 195 valence electrons. The molecule has 37 heavy (non-hydrogen) atoms. The largest absolute Gasteiger partial charge is 0.332 e. The summed E-state index contributed by atoms with van der Waals surface area (Å²) in [6.45, 7) is 0.735. The molecule has 0 bridgehead atoms. The smallest absolute Gasteiger partial charge is 0.254 e. The minimum absolute atomic E-state index is 0. The number of anilines is 1. The van der Waals surface area contributed by atoms with Gasteiger partial charge in [-0.3, -0.25) is 9.59 Å². The summed E-state index contributed by atoms with van der Waals surface area (Å²) in [5.41, 5.74) is 3.15. The van der Waals surface area contributed by atoms with Gasteiger partial charge in [0.1, 0.15) is 0 Å². The van der Waals surface area contributed by atoms with E-state index >= 15 is 0 Å². The summed E-state index contributed by atoms with van der Waals surface area (Å²) >= 11 is 0. The quantitative estimate of drug-likeness (QED) is 0.498. The first-order chi connectivity index (χ1) is 17.9. The van der Waals surface area contributed by atoms with E-state index in [-0.39, 0.29) is 31.5 Å². The molecule has 2 aliphatic carbocycles. The van der Waals surface area contributed by atoms with E-state index in [9.17, 15) is 18.0 Å². The van der Waals surface area contributed by atoms with E-state index in [1.54, 1.807) is 48.9 Å². The molecule has 2 atom stereocenters. The molecule has 2 fully saturated rings. The summed E-state index contributed by atoms with van der Waals surface area (Å²) in [5, 5.41) is 2.27. The number of hydrogen-bond acceptors (Lipinski definition) is 4. The van der Waals surface area contributed by atoms with Crippen LogP contribution in [0.25, 0.3) is 0 Å². The Morgan fingerprint density at radius 1 is 0.973 bits per heavy atom. The van der Waals surface area contributed by atoms with Gasteiger partial charge in [0.15, 0.2) is 9.84 Å². The zero-order valence-electron chi connectivity index (χ0n) is 20.9. The topological polar surface area (TPSA) is 83.5 Å². The number of amides is 2. The molecule has 2 unspecified atom stereocenters. The number of carbonyl (C=O) groups is 2. The maximum absolute atomic E-state index is 13.3. The molecule has 1 radical (unpaired) electrons. The standard InChI is InChI=1S/C30H33N2O4S.H2/c33-29(20-22-11-17-27(18-12-22)37(35,36)21-23-9-10-23)31-26-15-13-25(14-16-26)30(34)32-19-5-4-8-28(32)24-6-2-1-3-7-24;/h1-3,6-7,11-18,23,27-28H,4-5,8-10,19-21H2,(H,31,33);1H. The van der Waals surface area contributed by atoms with Gasteiger partial charge in [0, 0.05) is 25.6 Å². The Balaban J connectivity index is 0.00000336. The first kappa shape index (κ1) is 25.5. The van der Waals surface area contributed by atoms with Crippen LogP contribution in [0.15, 0.2) is 78.4 Å². The third-order valence-corrected chi connectivity index (χ3v) is 9.39. The van der Waals surface area contributed by atoms with Crippen LogP contribution >= 0.6 is 0 Å². The van der Waals surface area contributed by atoms with Gasteiger partial charge in [-0.2, -0.15) is 0 Å². The molecular weight excluding hydrogens is 484 g/mol. The van der Waals surface area contributed by atoms with Gasteiger partial charge < -0.3 is 10.2 Å². The van der Waals surface area contributed by atoms with Crippen molar-refractivity contribution in [3.8, 4) is 0 Å². The van der Waals surface area contributed by atoms with Crippen LogP contribution in [0.5, 0.6) is 0 Å². The zero-order chi connectivity index (χ0) is 25.8. The van der Waals surface area contributed by atoms with Gasteiger partial charge >= 0.3 is 0 Å². The lowest BCUT2D eigenvalue weighted by Crippen LogP contribution is -2.38. The Morgan fingerprint density at radius 3 is 2.41 bits per heavy atom. The SMILES string of the molecule is O=C(CC1=C[CH]C(S(=O)(=O)CC2CC2)C=C1)Nc1ccc(C(=O)N2CCCCC2c2ccccc2)cc1.[HH]. The molecule has 0 spiro atoms. The fourth-order valence-electron chi connectivity index (χ4n) is 5.09. The second-order valence-electron chi connectivity index (χ2n) is 10.3. The van der Waals surface area contributed by atoms with E-state index in [4.69, 9.17) is 0 Å². The Hall–Kier alpha value is -3.19. The van der Waals surface area contributed by atoms with Crippen molar-refractivity contribution in [1.82, 2.24) is 4.90 Å². The Bertz CT molecular complexity index is 1300. The number of benzene rings is 2. The Morgan fingerprint density at radius 2 is 1.73 bits per heavy atom. The number of carbonyl (C=O) groups excluding carboxylic acids is 2. The Labute approximate surface area is 220 Å². The number of nitrogens with one attached hydrogen (secondary N) is 1. The van der Waals surface area contributed by atoms with E-state index in [2.05, 4.69) is 17.4 Å². The fourth-order valence-corrected chi connectivity index (χ4v) is 6.94. The molecule has 7 heteroatoms. The van der Waals surface area contributed by atoms with Crippen LogP contribution in [0, 0.1) is 12.3 Å². The minimum atomic E-state index is -3.18. The maximum Gasteiger partial charge on any atom is 0.254 e. The molecule has 2 amide bonds. The highest BCUT2D eigenvalue weighted by Gasteiger charge is 2.33. The van der Waals surface area contributed by atoms with Gasteiger partial charge in [0.05, 0.1) is 23.5 Å². The van der Waals surface area contributed by atoms with E-state index in [0.717, 1.165) is 49.8 Å². The van der Waals surface area contributed by atoms with Crippen molar-refractivity contribution in [3.05, 3.63) is 95.9 Å². The summed E-state index contributed by atoms with van der Waals surface area (Å²) in [4.78, 5) is 27.9. The minimum Gasteiger partial charge on any atom is -0.332 e. The van der Waals surface area contributed by atoms with Gasteiger partial charge in [0.2, 0.25) is 5.91 Å². The number of nitrogens with zero attached hydrogens (tertiary/aromatic N) is 1. The third-order valence-electron chi connectivity index (χ3n) is 7.31. The lowest BCUT2D eigenvalue weighted by molar-refractivity contribution is -0.115. The summed E-state index contributed by atoms with van der Waals surface area (Å²) < 4.78 is 24.9. The average Bonchev–Trinajstić information content (AvgIpc) is 3.73. The highest BCUT2D eigenvalue weighted by molar-refractivity contribution is 7.92. The van der Waals surface area contributed by atoms with E-state index in [1.165, 1.54) is 0 Å². The molecule has 2 aromatic rings. The van der Waals surface area contributed by atoms with Crippen LogP contribution in [0.1, 0.15) is 61.9 Å². The van der Waals surface area contributed by atoms with Crippen LogP contribution in [0.4, 0.5) is 5.69 Å². The van der Waals surface area contributed by atoms with Gasteiger partial charge in [-0.1, -0.05) is 48.6 Å². The molecule has 1 N–H and O–H groups in total. The van der Waals surface area contributed by atoms with E-state index < -0.39 is 15.1 Å². The van der Waals surface area contributed by atoms with Crippen LogP contribution in [-0.2, 0) is 14.6 Å². The maximum atomic E-state index is 13.3. The summed E-state index contributed by atoms with van der Waals surface area (Å²) in [6, 6.07) is 17.3. The van der Waals surface area contributed by atoms with Crippen molar-refractivity contribution in [1.29, 1.82) is 0 Å². The molecule has 2 aromatic carbocycles. The van der Waals surface area contributed by atoms with Crippen LogP contribution in [0.3, 0.4) is 0 Å². The van der Waals surface area contributed by atoms with Crippen molar-refractivity contribution in [2.45, 2.75) is 49.8 Å². The van der Waals surface area contributed by atoms with E-state index in [0.29, 0.717) is 17.2 Å². The molecule has 0 aromatic heterocycles. The van der Waals surface area contributed by atoms with Gasteiger partial charge in [0.25, 0.3) is 5.91 Å². The van der Waals surface area contributed by atoms with Crippen LogP contribution in [-0.4, -0.2) is 42.7 Å². The van der Waals surface area contributed by atoms with Crippen molar-refractivity contribution >= 4 is 27.3 Å². The van der Waals surface area contributed by atoms with Gasteiger partial charge in [-0.05, 0) is 73.4 Å². The predicted molar refractivity (Wildman–Crippen MR) is 148 cm³/mol. The molecule has 1 saturated heterocycles. The summed E-state index contributed by atoms with van der Waals surface area (Å²) in [5.74, 6) is 0.369. The molecular formula is C30H35N2O4S. The second kappa shape index (κ2) is 11.1.